The van der Waals surface area contributed by atoms with Crippen molar-refractivity contribution in [3.05, 3.63) is 0 Å². The fourth-order valence-corrected chi connectivity index (χ4v) is 2.42. The van der Waals surface area contributed by atoms with E-state index < -0.39 is 22.1 Å². The summed E-state index contributed by atoms with van der Waals surface area (Å²) in [7, 11) is -2.34. The minimum Gasteiger partial charge on any atom is -0.469 e. The topological polar surface area (TPSA) is 92.7 Å². The summed E-state index contributed by atoms with van der Waals surface area (Å²) in [6.45, 7) is 5.84. The van der Waals surface area contributed by atoms with Gasteiger partial charge >= 0.3 is 5.97 Å². The highest BCUT2D eigenvalue weighted by molar-refractivity contribution is 7.89. The maximum absolute atomic E-state index is 11.5. The molecule has 18 heavy (non-hydrogen) atoms. The molecule has 0 aromatic heterocycles. The Bertz CT molecular complexity index is 358. The van der Waals surface area contributed by atoms with Gasteiger partial charge in [0.25, 0.3) is 0 Å². The lowest BCUT2D eigenvalue weighted by Gasteiger charge is -2.22. The lowest BCUT2D eigenvalue weighted by molar-refractivity contribution is -0.140. The molecule has 6 nitrogen and oxygen atoms in total. The molecule has 7 heteroatoms. The normalized spacial score (nSPS) is 14.3. The van der Waals surface area contributed by atoms with E-state index in [0.717, 1.165) is 0 Å². The van der Waals surface area contributed by atoms with Crippen molar-refractivity contribution in [3.63, 3.8) is 0 Å². The summed E-state index contributed by atoms with van der Waals surface area (Å²) < 4.78 is 29.6. The number of sulfonamides is 1. The first-order valence-corrected chi connectivity index (χ1v) is 7.43. The van der Waals surface area contributed by atoms with Gasteiger partial charge in [-0.3, -0.25) is 4.79 Å². The zero-order valence-electron chi connectivity index (χ0n) is 11.4. The second-order valence-corrected chi connectivity index (χ2v) is 7.34. The van der Waals surface area contributed by atoms with Crippen LogP contribution in [0.4, 0.5) is 0 Å². The number of nitrogens with one attached hydrogen (secondary N) is 1. The summed E-state index contributed by atoms with van der Waals surface area (Å²) in [5.41, 5.74) is -0.0725. The fraction of sp³-hybridized carbons (Fsp3) is 0.909. The van der Waals surface area contributed by atoms with Crippen LogP contribution in [0.25, 0.3) is 0 Å². The molecule has 0 radical (unpaired) electrons. The van der Waals surface area contributed by atoms with Crippen LogP contribution in [0.5, 0.6) is 0 Å². The Morgan fingerprint density at radius 3 is 2.39 bits per heavy atom. The van der Waals surface area contributed by atoms with Gasteiger partial charge in [-0.1, -0.05) is 20.8 Å². The minimum absolute atomic E-state index is 0.0409. The summed E-state index contributed by atoms with van der Waals surface area (Å²) in [5, 5.41) is 9.65. The van der Waals surface area contributed by atoms with Crippen molar-refractivity contribution in [3.8, 4) is 0 Å². The van der Waals surface area contributed by atoms with Gasteiger partial charge in [-0.2, -0.15) is 0 Å². The van der Waals surface area contributed by atoms with E-state index in [1.165, 1.54) is 7.11 Å². The number of methoxy groups -OCH3 is 1. The van der Waals surface area contributed by atoms with Crippen molar-refractivity contribution >= 4 is 16.0 Å². The zero-order valence-corrected chi connectivity index (χ0v) is 12.2. The maximum Gasteiger partial charge on any atom is 0.306 e. The van der Waals surface area contributed by atoms with Crippen LogP contribution in [0.3, 0.4) is 0 Å². The molecular weight excluding hydrogens is 258 g/mol. The summed E-state index contributed by atoms with van der Waals surface area (Å²) in [4.78, 5) is 10.8. The molecule has 0 aliphatic carbocycles. The number of esters is 1. The smallest absolute Gasteiger partial charge is 0.306 e. The van der Waals surface area contributed by atoms with Crippen molar-refractivity contribution in [1.29, 1.82) is 0 Å². The molecule has 0 aromatic carbocycles. The van der Waals surface area contributed by atoms with Crippen LogP contribution in [0, 0.1) is 5.41 Å². The molecule has 0 rings (SSSR count). The molecule has 0 heterocycles. The van der Waals surface area contributed by atoms with Gasteiger partial charge in [0.1, 0.15) is 0 Å². The fourth-order valence-electron chi connectivity index (χ4n) is 1.39. The Hall–Kier alpha value is -0.660. The lowest BCUT2D eigenvalue weighted by Crippen LogP contribution is -2.35. The SMILES string of the molecule is COC(=O)CCS(=O)(=O)NCC(O)CC(C)(C)C. The van der Waals surface area contributed by atoms with Crippen molar-refractivity contribution in [2.24, 2.45) is 5.41 Å². The molecule has 0 saturated carbocycles. The van der Waals surface area contributed by atoms with E-state index in [1.54, 1.807) is 0 Å². The largest absolute Gasteiger partial charge is 0.469 e. The van der Waals surface area contributed by atoms with E-state index in [2.05, 4.69) is 9.46 Å². The predicted molar refractivity (Wildman–Crippen MR) is 68.5 cm³/mol. The van der Waals surface area contributed by atoms with Crippen molar-refractivity contribution in [2.75, 3.05) is 19.4 Å². The molecular formula is C11H23NO5S. The number of hydrogen-bond acceptors (Lipinski definition) is 5. The van der Waals surface area contributed by atoms with Crippen molar-refractivity contribution < 1.29 is 23.1 Å². The minimum atomic E-state index is -3.55. The Labute approximate surface area is 109 Å². The van der Waals surface area contributed by atoms with E-state index in [-0.39, 0.29) is 24.1 Å². The quantitative estimate of drug-likeness (QED) is 0.653. The Morgan fingerprint density at radius 1 is 1.39 bits per heavy atom. The van der Waals surface area contributed by atoms with Gasteiger partial charge in [-0.15, -0.1) is 0 Å². The number of ether oxygens (including phenoxy) is 1. The van der Waals surface area contributed by atoms with E-state index in [1.807, 2.05) is 20.8 Å². The van der Waals surface area contributed by atoms with Crippen LogP contribution < -0.4 is 4.72 Å². The van der Waals surface area contributed by atoms with Gasteiger partial charge in [0, 0.05) is 6.54 Å². The highest BCUT2D eigenvalue weighted by Crippen LogP contribution is 2.20. The van der Waals surface area contributed by atoms with E-state index in [4.69, 9.17) is 0 Å². The molecule has 0 aliphatic heterocycles. The molecule has 0 amide bonds. The predicted octanol–water partition coefficient (Wildman–Crippen LogP) is 0.266. The monoisotopic (exact) mass is 281 g/mol. The highest BCUT2D eigenvalue weighted by atomic mass is 32.2. The van der Waals surface area contributed by atoms with Gasteiger partial charge in [0.05, 0.1) is 25.4 Å². The maximum atomic E-state index is 11.5. The second kappa shape index (κ2) is 7.06. The van der Waals surface area contributed by atoms with Crippen LogP contribution in [-0.2, 0) is 19.6 Å². The van der Waals surface area contributed by atoms with E-state index >= 15 is 0 Å². The number of carbonyl (C=O) groups excluding carboxylic acids is 1. The molecule has 0 aromatic rings. The first-order chi connectivity index (χ1) is 8.06. The third-order valence-corrected chi connectivity index (χ3v) is 3.54. The van der Waals surface area contributed by atoms with Crippen LogP contribution in [0.2, 0.25) is 0 Å². The van der Waals surface area contributed by atoms with E-state index in [0.29, 0.717) is 6.42 Å². The number of hydrogen-bond donors (Lipinski definition) is 2. The van der Waals surface area contributed by atoms with Gasteiger partial charge < -0.3 is 9.84 Å². The first kappa shape index (κ1) is 17.3. The van der Waals surface area contributed by atoms with Gasteiger partial charge in [0.15, 0.2) is 0 Å². The molecule has 1 unspecified atom stereocenters. The van der Waals surface area contributed by atoms with Crippen LogP contribution >= 0.6 is 0 Å². The molecule has 1 atom stereocenters. The second-order valence-electron chi connectivity index (χ2n) is 5.41. The Balaban J connectivity index is 4.07. The molecule has 0 fully saturated rings. The van der Waals surface area contributed by atoms with Gasteiger partial charge in [-0.25, -0.2) is 13.1 Å². The Morgan fingerprint density at radius 2 is 1.94 bits per heavy atom. The van der Waals surface area contributed by atoms with Gasteiger partial charge in [-0.05, 0) is 11.8 Å². The zero-order chi connectivity index (χ0) is 14.4. The van der Waals surface area contributed by atoms with Gasteiger partial charge in [0.2, 0.25) is 10.0 Å². The highest BCUT2D eigenvalue weighted by Gasteiger charge is 2.19. The molecule has 0 spiro atoms. The summed E-state index contributed by atoms with van der Waals surface area (Å²) >= 11 is 0. The number of carbonyl (C=O) groups is 1. The average molecular weight is 281 g/mol. The van der Waals surface area contributed by atoms with Crippen molar-refractivity contribution in [1.82, 2.24) is 4.72 Å². The Kier molecular flexibility index (Phi) is 6.80. The average Bonchev–Trinajstić information content (AvgIpc) is 2.21. The van der Waals surface area contributed by atoms with Crippen molar-refractivity contribution in [2.45, 2.75) is 39.7 Å². The summed E-state index contributed by atoms with van der Waals surface area (Å²) in [6.07, 6.45) is -0.439. The summed E-state index contributed by atoms with van der Waals surface area (Å²) in [5.74, 6) is -0.905. The molecule has 2 N–H and O–H groups in total. The number of aliphatic hydroxyl groups excluding tert-OH is 1. The number of aliphatic hydroxyl groups is 1. The van der Waals surface area contributed by atoms with E-state index in [9.17, 15) is 18.3 Å². The molecule has 0 saturated heterocycles. The lowest BCUT2D eigenvalue weighted by atomic mass is 9.89. The molecule has 0 bridgehead atoms. The summed E-state index contributed by atoms with van der Waals surface area (Å²) in [6, 6.07) is 0. The number of rotatable bonds is 7. The standard InChI is InChI=1S/C11H23NO5S/c1-11(2,3)7-9(13)8-12-18(15,16)6-5-10(14)17-4/h9,12-13H,5-8H2,1-4H3. The molecule has 0 aliphatic rings. The van der Waals surface area contributed by atoms with Crippen LogP contribution in [-0.4, -0.2) is 45.0 Å². The third-order valence-electron chi connectivity index (χ3n) is 2.19. The van der Waals surface area contributed by atoms with Crippen LogP contribution in [0.1, 0.15) is 33.6 Å². The van der Waals surface area contributed by atoms with Crippen LogP contribution in [0.15, 0.2) is 0 Å². The third kappa shape index (κ3) is 9.38. The molecule has 108 valence electrons. The first-order valence-electron chi connectivity index (χ1n) is 5.78.